The van der Waals surface area contributed by atoms with E-state index in [1.165, 1.54) is 5.56 Å². The Balaban J connectivity index is 1.86. The van der Waals surface area contributed by atoms with Crippen LogP contribution in [0, 0.1) is 6.92 Å². The van der Waals surface area contributed by atoms with Gasteiger partial charge < -0.3 is 0 Å². The van der Waals surface area contributed by atoms with Crippen molar-refractivity contribution in [1.82, 2.24) is 4.31 Å². The van der Waals surface area contributed by atoms with Crippen LogP contribution < -0.4 is 0 Å². The van der Waals surface area contributed by atoms with E-state index < -0.39 is 10.0 Å². The first-order valence-corrected chi connectivity index (χ1v) is 10.7. The highest BCUT2D eigenvalue weighted by Crippen LogP contribution is 2.51. The van der Waals surface area contributed by atoms with Gasteiger partial charge in [-0.2, -0.15) is 4.31 Å². The number of rotatable bonds is 3. The van der Waals surface area contributed by atoms with Gasteiger partial charge in [0, 0.05) is 0 Å². The van der Waals surface area contributed by atoms with Crippen molar-refractivity contribution < 1.29 is 8.42 Å². The van der Waals surface area contributed by atoms with E-state index in [-0.39, 0.29) is 15.5 Å². The number of sulfonamides is 1. The number of hydrogen-bond donors (Lipinski definition) is 0. The van der Waals surface area contributed by atoms with Crippen LogP contribution in [0.2, 0.25) is 0 Å². The fourth-order valence-electron chi connectivity index (χ4n) is 2.78. The van der Waals surface area contributed by atoms with Crippen LogP contribution in [0.5, 0.6) is 0 Å². The Morgan fingerprint density at radius 1 is 0.958 bits per heavy atom. The quantitative estimate of drug-likeness (QED) is 0.289. The van der Waals surface area contributed by atoms with Crippen LogP contribution >= 0.6 is 22.6 Å². The summed E-state index contributed by atoms with van der Waals surface area (Å²) in [6.45, 7) is 8.48. The molecule has 1 heterocycles. The molecule has 1 unspecified atom stereocenters. The molecule has 128 valence electrons. The van der Waals surface area contributed by atoms with Crippen molar-refractivity contribution in [3.63, 3.8) is 0 Å². The van der Waals surface area contributed by atoms with Gasteiger partial charge in [-0.05, 0) is 35.6 Å². The molecule has 2 aromatic carbocycles. The minimum absolute atomic E-state index is 0.0330. The van der Waals surface area contributed by atoms with Gasteiger partial charge in [0.15, 0.2) is 0 Å². The van der Waals surface area contributed by atoms with Crippen molar-refractivity contribution in [1.29, 1.82) is 0 Å². The number of hydrogen-bond acceptors (Lipinski definition) is 2. The van der Waals surface area contributed by atoms with E-state index in [0.29, 0.717) is 4.90 Å². The highest BCUT2D eigenvalue weighted by molar-refractivity contribution is 14.1. The molecule has 0 N–H and O–H groups in total. The molecule has 1 aliphatic heterocycles. The summed E-state index contributed by atoms with van der Waals surface area (Å²) in [5.74, 6) is 0. The molecule has 0 spiro atoms. The molecule has 1 saturated heterocycles. The number of halogens is 1. The van der Waals surface area contributed by atoms with Crippen LogP contribution in [0.25, 0.3) is 0 Å². The number of benzene rings is 2. The van der Waals surface area contributed by atoms with Crippen molar-refractivity contribution >= 4 is 32.6 Å². The normalized spacial score (nSPS) is 24.0. The number of alkyl halides is 1. The Labute approximate surface area is 158 Å². The van der Waals surface area contributed by atoms with Gasteiger partial charge in [0.2, 0.25) is 10.0 Å². The molecule has 3 atom stereocenters. The van der Waals surface area contributed by atoms with Crippen LogP contribution in [0.4, 0.5) is 0 Å². The van der Waals surface area contributed by atoms with Crippen molar-refractivity contribution in [3.05, 3.63) is 65.2 Å². The molecule has 2 aromatic rings. The maximum Gasteiger partial charge on any atom is 0.244 e. The first kappa shape index (κ1) is 17.9. The zero-order valence-electron chi connectivity index (χ0n) is 14.3. The molecule has 0 bridgehead atoms. The molecule has 3 nitrogen and oxygen atoms in total. The van der Waals surface area contributed by atoms with Gasteiger partial charge in [-0.15, -0.1) is 0 Å². The molecule has 3 rings (SSSR count). The van der Waals surface area contributed by atoms with Crippen LogP contribution in [0.1, 0.15) is 43.5 Å². The third-order valence-electron chi connectivity index (χ3n) is 4.40. The summed E-state index contributed by atoms with van der Waals surface area (Å²) in [4.78, 5) is 0.364. The molecule has 1 aliphatic rings. The largest absolute Gasteiger partial charge is 0.244 e. The fraction of sp³-hybridized carbons (Fsp3) is 0.368. The monoisotopic (exact) mass is 455 g/mol. The zero-order chi connectivity index (χ0) is 17.7. The van der Waals surface area contributed by atoms with Crippen molar-refractivity contribution in [2.45, 2.75) is 48.1 Å². The average Bonchev–Trinajstić information content (AvgIpc) is 3.19. The van der Waals surface area contributed by atoms with Crippen molar-refractivity contribution in [2.24, 2.45) is 0 Å². The summed E-state index contributed by atoms with van der Waals surface area (Å²) in [5, 5.41) is 0. The lowest BCUT2D eigenvalue weighted by Crippen LogP contribution is -2.14. The third-order valence-corrected chi connectivity index (χ3v) is 7.94. The summed E-state index contributed by atoms with van der Waals surface area (Å²) in [6.07, 6.45) is 0. The van der Waals surface area contributed by atoms with E-state index in [0.717, 1.165) is 11.1 Å². The second-order valence-electron chi connectivity index (χ2n) is 7.34. The molecule has 0 saturated carbocycles. The topological polar surface area (TPSA) is 37.1 Å². The van der Waals surface area contributed by atoms with Crippen LogP contribution in [0.15, 0.2) is 53.4 Å². The molecule has 0 radical (unpaired) electrons. The van der Waals surface area contributed by atoms with Gasteiger partial charge in [0.1, 0.15) is 0 Å². The van der Waals surface area contributed by atoms with E-state index in [2.05, 4.69) is 67.6 Å². The second-order valence-corrected chi connectivity index (χ2v) is 10.5. The van der Waals surface area contributed by atoms with Crippen LogP contribution in [-0.4, -0.2) is 16.8 Å². The van der Waals surface area contributed by atoms with Gasteiger partial charge in [-0.25, -0.2) is 8.42 Å². The molecular weight excluding hydrogens is 433 g/mol. The van der Waals surface area contributed by atoms with E-state index in [9.17, 15) is 8.42 Å². The van der Waals surface area contributed by atoms with Gasteiger partial charge in [0.05, 0.1) is 15.0 Å². The minimum Gasteiger partial charge on any atom is -0.207 e. The average molecular weight is 455 g/mol. The first-order chi connectivity index (χ1) is 11.1. The highest BCUT2D eigenvalue weighted by atomic mass is 127. The molecule has 0 amide bonds. The summed E-state index contributed by atoms with van der Waals surface area (Å²) >= 11 is 2.21. The van der Waals surface area contributed by atoms with Gasteiger partial charge in [-0.3, -0.25) is 0 Å². The summed E-state index contributed by atoms with van der Waals surface area (Å²) in [5.41, 5.74) is 3.46. The lowest BCUT2D eigenvalue weighted by molar-refractivity contribution is 0.553. The summed E-state index contributed by atoms with van der Waals surface area (Å²) < 4.78 is 27.2. The standard InChI is InChI=1S/C19H22INO2S/c1-13-5-11-16(12-6-13)24(22,23)21-17(18(21)20)14-7-9-15(10-8-14)19(2,3)4/h5-12,17-18H,1-4H3/t17-,18-,21?/m1/s1. The Kier molecular flexibility index (Phi) is 4.55. The Bertz CT molecular complexity index is 836. The minimum atomic E-state index is -3.44. The van der Waals surface area contributed by atoms with Gasteiger partial charge >= 0.3 is 0 Å². The summed E-state index contributed by atoms with van der Waals surface area (Å²) in [7, 11) is -3.44. The van der Waals surface area contributed by atoms with Crippen LogP contribution in [0.3, 0.4) is 0 Å². The highest BCUT2D eigenvalue weighted by Gasteiger charge is 2.54. The predicted molar refractivity (Wildman–Crippen MR) is 106 cm³/mol. The summed E-state index contributed by atoms with van der Waals surface area (Å²) in [6, 6.07) is 15.3. The van der Waals surface area contributed by atoms with Crippen molar-refractivity contribution in [3.8, 4) is 0 Å². The molecule has 24 heavy (non-hydrogen) atoms. The van der Waals surface area contributed by atoms with E-state index in [4.69, 9.17) is 0 Å². The van der Waals surface area contributed by atoms with Gasteiger partial charge in [-0.1, -0.05) is 85.3 Å². The lowest BCUT2D eigenvalue weighted by atomic mass is 9.86. The SMILES string of the molecule is Cc1ccc(S(=O)(=O)N2[C@H](c3ccc(C(C)(C)C)cc3)[C@@H]2I)cc1. The Morgan fingerprint density at radius 2 is 1.50 bits per heavy atom. The predicted octanol–water partition coefficient (Wildman–Crippen LogP) is 4.80. The second kappa shape index (κ2) is 6.11. The fourth-order valence-corrected chi connectivity index (χ4v) is 6.41. The van der Waals surface area contributed by atoms with E-state index in [1.807, 2.05) is 19.1 Å². The van der Waals surface area contributed by atoms with Crippen molar-refractivity contribution in [2.75, 3.05) is 0 Å². The van der Waals surface area contributed by atoms with E-state index in [1.54, 1.807) is 16.4 Å². The maximum absolute atomic E-state index is 12.8. The molecule has 0 aliphatic carbocycles. The third kappa shape index (κ3) is 3.26. The Morgan fingerprint density at radius 3 is 2.00 bits per heavy atom. The first-order valence-electron chi connectivity index (χ1n) is 7.97. The molecule has 0 aromatic heterocycles. The number of nitrogens with zero attached hydrogens (tertiary/aromatic N) is 1. The molecular formula is C19H22INO2S. The lowest BCUT2D eigenvalue weighted by Gasteiger charge is -2.19. The molecule has 1 fully saturated rings. The van der Waals surface area contributed by atoms with Gasteiger partial charge in [0.25, 0.3) is 0 Å². The van der Waals surface area contributed by atoms with Crippen LogP contribution in [-0.2, 0) is 15.4 Å². The maximum atomic E-state index is 12.8. The molecule has 5 heteroatoms. The smallest absolute Gasteiger partial charge is 0.207 e. The zero-order valence-corrected chi connectivity index (χ0v) is 17.3. The van der Waals surface area contributed by atoms with E-state index >= 15 is 0 Å². The Hall–Kier alpha value is -0.920. The number of aryl methyl sites for hydroxylation is 1.